The highest BCUT2D eigenvalue weighted by molar-refractivity contribution is 5.86. The Kier molecular flexibility index (Phi) is 3.02. The maximum Gasteiger partial charge on any atom is 0.372 e. The summed E-state index contributed by atoms with van der Waals surface area (Å²) in [7, 11) is 0. The molecule has 0 fully saturated rings. The number of hydrogen-bond acceptors (Lipinski definition) is 5. The lowest BCUT2D eigenvalue weighted by molar-refractivity contribution is 0.0660. The number of hydrogen-bond donors (Lipinski definition) is 2. The van der Waals surface area contributed by atoms with Gasteiger partial charge < -0.3 is 19.4 Å². The van der Waals surface area contributed by atoms with Gasteiger partial charge in [0, 0.05) is 18.2 Å². The van der Waals surface area contributed by atoms with Gasteiger partial charge in [0.25, 0.3) is 0 Å². The summed E-state index contributed by atoms with van der Waals surface area (Å²) in [5, 5.41) is 15.4. The van der Waals surface area contributed by atoms with Gasteiger partial charge in [0.1, 0.15) is 5.76 Å². The van der Waals surface area contributed by atoms with Gasteiger partial charge in [0.05, 0.1) is 19.0 Å². The highest BCUT2D eigenvalue weighted by Gasteiger charge is 2.13. The summed E-state index contributed by atoms with van der Waals surface area (Å²) >= 11 is 0. The van der Waals surface area contributed by atoms with Crippen LogP contribution in [0.1, 0.15) is 21.9 Å². The van der Waals surface area contributed by atoms with Crippen LogP contribution >= 0.6 is 0 Å². The van der Waals surface area contributed by atoms with Crippen molar-refractivity contribution >= 4 is 5.97 Å². The van der Waals surface area contributed by atoms with E-state index in [1.807, 2.05) is 0 Å². The third-order valence-electron chi connectivity index (χ3n) is 2.05. The minimum absolute atomic E-state index is 0.0370. The molecule has 0 aromatic carbocycles. The van der Waals surface area contributed by atoms with Crippen LogP contribution in [0.25, 0.3) is 0 Å². The molecule has 0 unspecified atom stereocenters. The Morgan fingerprint density at radius 3 is 3.00 bits per heavy atom. The van der Waals surface area contributed by atoms with Crippen molar-refractivity contribution in [3.05, 3.63) is 41.7 Å². The molecule has 6 nitrogen and oxygen atoms in total. The van der Waals surface area contributed by atoms with E-state index >= 15 is 0 Å². The summed E-state index contributed by atoms with van der Waals surface area (Å²) in [5.74, 6) is -0.410. The van der Waals surface area contributed by atoms with E-state index in [4.69, 9.17) is 14.0 Å². The van der Waals surface area contributed by atoms with Gasteiger partial charge in [-0.25, -0.2) is 4.79 Å². The first-order chi connectivity index (χ1) is 7.77. The van der Waals surface area contributed by atoms with Crippen LogP contribution in [0, 0.1) is 0 Å². The fourth-order valence-electron chi connectivity index (χ4n) is 1.32. The highest BCUT2D eigenvalue weighted by atomic mass is 16.5. The first-order valence-electron chi connectivity index (χ1n) is 4.67. The Morgan fingerprint density at radius 1 is 1.44 bits per heavy atom. The molecule has 2 aromatic heterocycles. The minimum atomic E-state index is -1.07. The maximum absolute atomic E-state index is 10.7. The lowest BCUT2D eigenvalue weighted by Gasteiger charge is -2.00. The average molecular weight is 222 g/mol. The Balaban J connectivity index is 1.90. The third-order valence-corrected chi connectivity index (χ3v) is 2.05. The van der Waals surface area contributed by atoms with Gasteiger partial charge in [-0.2, -0.15) is 0 Å². The van der Waals surface area contributed by atoms with Crippen LogP contribution in [0.2, 0.25) is 0 Å². The Bertz CT molecular complexity index is 461. The van der Waals surface area contributed by atoms with Crippen molar-refractivity contribution in [1.29, 1.82) is 0 Å². The van der Waals surface area contributed by atoms with Crippen molar-refractivity contribution in [2.24, 2.45) is 0 Å². The van der Waals surface area contributed by atoms with Crippen LogP contribution in [0.4, 0.5) is 0 Å². The maximum atomic E-state index is 10.7. The quantitative estimate of drug-likeness (QED) is 0.791. The predicted molar refractivity (Wildman–Crippen MR) is 52.7 cm³/mol. The van der Waals surface area contributed by atoms with E-state index in [9.17, 15) is 4.79 Å². The van der Waals surface area contributed by atoms with Gasteiger partial charge in [-0.3, -0.25) is 0 Å². The molecule has 0 aliphatic carbocycles. The average Bonchev–Trinajstić information content (AvgIpc) is 2.87. The molecule has 0 aliphatic rings. The fourth-order valence-corrected chi connectivity index (χ4v) is 1.32. The molecule has 0 spiro atoms. The Morgan fingerprint density at radius 2 is 2.31 bits per heavy atom. The number of nitrogens with zero attached hydrogens (tertiary/aromatic N) is 1. The van der Waals surface area contributed by atoms with Crippen LogP contribution in [-0.2, 0) is 13.1 Å². The van der Waals surface area contributed by atoms with Crippen LogP contribution in [0.15, 0.2) is 33.5 Å². The lowest BCUT2D eigenvalue weighted by Crippen LogP contribution is -2.13. The number of carboxylic acids is 1. The number of rotatable bonds is 5. The summed E-state index contributed by atoms with van der Waals surface area (Å²) in [4.78, 5) is 10.7. The SMILES string of the molecule is O=C(O)c1occc1CNCc1ccno1. The Hall–Kier alpha value is -2.08. The fraction of sp³-hybridized carbons (Fsp3) is 0.200. The summed E-state index contributed by atoms with van der Waals surface area (Å²) in [6.07, 6.45) is 2.91. The second-order valence-electron chi connectivity index (χ2n) is 3.16. The van der Waals surface area contributed by atoms with Crippen molar-refractivity contribution in [3.63, 3.8) is 0 Å². The zero-order valence-corrected chi connectivity index (χ0v) is 8.34. The molecule has 2 rings (SSSR count). The van der Waals surface area contributed by atoms with Crippen LogP contribution < -0.4 is 5.32 Å². The van der Waals surface area contributed by atoms with Crippen molar-refractivity contribution < 1.29 is 18.8 Å². The molecule has 84 valence electrons. The standard InChI is InChI=1S/C10H10N2O4/c13-10(14)9-7(2-4-15-9)5-11-6-8-1-3-12-16-8/h1-4,11H,5-6H2,(H,13,14). The Labute approximate surface area is 90.8 Å². The molecule has 0 saturated carbocycles. The minimum Gasteiger partial charge on any atom is -0.475 e. The molecule has 16 heavy (non-hydrogen) atoms. The molecular formula is C10H10N2O4. The van der Waals surface area contributed by atoms with E-state index in [0.29, 0.717) is 24.4 Å². The van der Waals surface area contributed by atoms with E-state index in [2.05, 4.69) is 10.5 Å². The van der Waals surface area contributed by atoms with E-state index in [1.165, 1.54) is 6.26 Å². The molecular weight excluding hydrogens is 212 g/mol. The van der Waals surface area contributed by atoms with Gasteiger partial charge in [-0.1, -0.05) is 5.16 Å². The van der Waals surface area contributed by atoms with Crippen LogP contribution in [-0.4, -0.2) is 16.2 Å². The second-order valence-corrected chi connectivity index (χ2v) is 3.16. The summed E-state index contributed by atoms with van der Waals surface area (Å²) < 4.78 is 9.72. The largest absolute Gasteiger partial charge is 0.475 e. The molecule has 0 saturated heterocycles. The molecule has 0 amide bonds. The van der Waals surface area contributed by atoms with Crippen molar-refractivity contribution in [2.45, 2.75) is 13.1 Å². The van der Waals surface area contributed by atoms with Crippen molar-refractivity contribution in [1.82, 2.24) is 10.5 Å². The predicted octanol–water partition coefficient (Wildman–Crippen LogP) is 1.26. The number of nitrogens with one attached hydrogen (secondary N) is 1. The third kappa shape index (κ3) is 2.29. The first kappa shape index (κ1) is 10.4. The summed E-state index contributed by atoms with van der Waals surface area (Å²) in [6.45, 7) is 0.892. The highest BCUT2D eigenvalue weighted by Crippen LogP contribution is 2.10. The van der Waals surface area contributed by atoms with Gasteiger partial charge in [0.15, 0.2) is 0 Å². The monoisotopic (exact) mass is 222 g/mol. The van der Waals surface area contributed by atoms with Crippen LogP contribution in [0.5, 0.6) is 0 Å². The van der Waals surface area contributed by atoms with E-state index in [-0.39, 0.29) is 5.76 Å². The smallest absolute Gasteiger partial charge is 0.372 e. The first-order valence-corrected chi connectivity index (χ1v) is 4.67. The molecule has 6 heteroatoms. The van der Waals surface area contributed by atoms with Crippen molar-refractivity contribution in [3.8, 4) is 0 Å². The van der Waals surface area contributed by atoms with Crippen molar-refractivity contribution in [2.75, 3.05) is 0 Å². The zero-order valence-electron chi connectivity index (χ0n) is 8.34. The lowest BCUT2D eigenvalue weighted by atomic mass is 10.2. The van der Waals surface area contributed by atoms with Gasteiger partial charge in [0.2, 0.25) is 5.76 Å². The number of aromatic nitrogens is 1. The molecule has 0 atom stereocenters. The number of carbonyl (C=O) groups is 1. The molecule has 2 heterocycles. The van der Waals surface area contributed by atoms with Crippen LogP contribution in [0.3, 0.4) is 0 Å². The molecule has 0 aliphatic heterocycles. The molecule has 0 radical (unpaired) electrons. The number of aromatic carboxylic acids is 1. The van der Waals surface area contributed by atoms with E-state index in [0.717, 1.165) is 0 Å². The number of carboxylic acid groups (broad SMARTS) is 1. The molecule has 2 N–H and O–H groups in total. The molecule has 0 bridgehead atoms. The van der Waals surface area contributed by atoms with Gasteiger partial charge in [-0.15, -0.1) is 0 Å². The second kappa shape index (κ2) is 4.63. The zero-order chi connectivity index (χ0) is 11.4. The van der Waals surface area contributed by atoms with Gasteiger partial charge in [-0.05, 0) is 6.07 Å². The number of furan rings is 1. The van der Waals surface area contributed by atoms with E-state index in [1.54, 1.807) is 18.3 Å². The van der Waals surface area contributed by atoms with Gasteiger partial charge >= 0.3 is 5.97 Å². The normalized spacial score (nSPS) is 10.5. The van der Waals surface area contributed by atoms with E-state index < -0.39 is 5.97 Å². The molecule has 2 aromatic rings. The summed E-state index contributed by atoms with van der Waals surface area (Å²) in [6, 6.07) is 3.36. The summed E-state index contributed by atoms with van der Waals surface area (Å²) in [5.41, 5.74) is 0.604. The topological polar surface area (TPSA) is 88.5 Å².